The Labute approximate surface area is 147 Å². The number of thiazole rings is 1. The monoisotopic (exact) mass is 347 g/mol. The summed E-state index contributed by atoms with van der Waals surface area (Å²) in [5.41, 5.74) is 0.730. The first-order chi connectivity index (χ1) is 11.2. The molecule has 2 amide bonds. The number of fused-ring (bicyclic) bond motifs is 1. The lowest BCUT2D eigenvalue weighted by Gasteiger charge is -2.23. The summed E-state index contributed by atoms with van der Waals surface area (Å²) in [5, 5.41) is 3.91. The van der Waals surface area contributed by atoms with E-state index in [4.69, 9.17) is 0 Å². The minimum absolute atomic E-state index is 0.0137. The Hall–Kier alpha value is -1.95. The third-order valence-corrected chi connectivity index (χ3v) is 4.54. The fourth-order valence-corrected chi connectivity index (χ4v) is 3.38. The van der Waals surface area contributed by atoms with E-state index in [-0.39, 0.29) is 23.9 Å². The topological polar surface area (TPSA) is 62.3 Å². The average molecular weight is 347 g/mol. The number of aryl methyl sites for hydroxylation is 1. The van der Waals surface area contributed by atoms with Crippen molar-refractivity contribution in [3.63, 3.8) is 0 Å². The number of nitrogens with one attached hydrogen (secondary N) is 1. The minimum Gasteiger partial charge on any atom is -0.350 e. The highest BCUT2D eigenvalue weighted by Gasteiger charge is 2.17. The van der Waals surface area contributed by atoms with Crippen molar-refractivity contribution in [1.29, 1.82) is 0 Å². The van der Waals surface area contributed by atoms with Crippen LogP contribution in [-0.4, -0.2) is 40.8 Å². The molecule has 24 heavy (non-hydrogen) atoms. The third kappa shape index (κ3) is 5.60. The molecule has 0 bridgehead atoms. The molecule has 1 N–H and O–H groups in total. The van der Waals surface area contributed by atoms with Crippen molar-refractivity contribution in [2.75, 3.05) is 13.6 Å². The summed E-state index contributed by atoms with van der Waals surface area (Å²) < 4.78 is 1.18. The van der Waals surface area contributed by atoms with Gasteiger partial charge in [-0.1, -0.05) is 12.1 Å². The molecule has 0 saturated carbocycles. The van der Waals surface area contributed by atoms with Gasteiger partial charge in [-0.3, -0.25) is 9.59 Å². The zero-order valence-electron chi connectivity index (χ0n) is 14.8. The largest absolute Gasteiger partial charge is 0.350 e. The van der Waals surface area contributed by atoms with Crippen molar-refractivity contribution in [1.82, 2.24) is 15.2 Å². The Bertz CT molecular complexity index is 685. The lowest BCUT2D eigenvalue weighted by atomic mass is 10.1. The second-order valence-electron chi connectivity index (χ2n) is 6.98. The summed E-state index contributed by atoms with van der Waals surface area (Å²) in [6, 6.07) is 8.05. The fourth-order valence-electron chi connectivity index (χ4n) is 2.37. The van der Waals surface area contributed by atoms with Gasteiger partial charge in [-0.25, -0.2) is 4.98 Å². The molecule has 6 heteroatoms. The predicted octanol–water partition coefficient (Wildman–Crippen LogP) is 2.99. The molecular formula is C18H25N3O2S. The van der Waals surface area contributed by atoms with Crippen LogP contribution in [0, 0.1) is 0 Å². The number of aromatic nitrogens is 1. The molecule has 130 valence electrons. The van der Waals surface area contributed by atoms with Crippen LogP contribution in [0.4, 0.5) is 0 Å². The van der Waals surface area contributed by atoms with Gasteiger partial charge in [0.15, 0.2) is 0 Å². The lowest BCUT2D eigenvalue weighted by molar-refractivity contribution is -0.135. The zero-order valence-corrected chi connectivity index (χ0v) is 15.6. The van der Waals surface area contributed by atoms with Gasteiger partial charge in [0.2, 0.25) is 11.8 Å². The molecule has 0 saturated heterocycles. The highest BCUT2D eigenvalue weighted by atomic mass is 32.1. The molecular weight excluding hydrogens is 322 g/mol. The molecule has 1 aromatic heterocycles. The normalized spacial score (nSPS) is 11.5. The molecule has 0 atom stereocenters. The Morgan fingerprint density at radius 3 is 2.62 bits per heavy atom. The van der Waals surface area contributed by atoms with Gasteiger partial charge in [0.05, 0.1) is 21.8 Å². The van der Waals surface area contributed by atoms with E-state index >= 15 is 0 Å². The molecule has 1 heterocycles. The number of hydrogen-bond acceptors (Lipinski definition) is 4. The first kappa shape index (κ1) is 18.4. The first-order valence-corrected chi connectivity index (χ1v) is 8.96. The number of likely N-dealkylation sites (N-methyl/N-ethyl adjacent to an activating group) is 1. The van der Waals surface area contributed by atoms with E-state index in [1.54, 1.807) is 18.4 Å². The van der Waals surface area contributed by atoms with E-state index < -0.39 is 0 Å². The van der Waals surface area contributed by atoms with Crippen LogP contribution in [0.3, 0.4) is 0 Å². The Balaban J connectivity index is 1.77. The molecule has 2 aromatic rings. The number of rotatable bonds is 6. The van der Waals surface area contributed by atoms with Crippen LogP contribution in [-0.2, 0) is 16.0 Å². The standard InChI is InChI=1S/C18H25N3O2S/c1-18(2,3)20-15(22)12-21(4)17(23)11-7-10-16-19-13-8-5-6-9-14(13)24-16/h5-6,8-9H,7,10-12H2,1-4H3,(H,20,22). The third-order valence-electron chi connectivity index (χ3n) is 3.44. The van der Waals surface area contributed by atoms with Crippen LogP contribution in [0.5, 0.6) is 0 Å². The summed E-state index contributed by atoms with van der Waals surface area (Å²) in [6.45, 7) is 5.86. The Morgan fingerprint density at radius 1 is 1.25 bits per heavy atom. The molecule has 0 aliphatic rings. The van der Waals surface area contributed by atoms with Crippen molar-refractivity contribution in [2.45, 2.75) is 45.6 Å². The van der Waals surface area contributed by atoms with E-state index in [1.807, 2.05) is 39.0 Å². The first-order valence-electron chi connectivity index (χ1n) is 8.14. The maximum Gasteiger partial charge on any atom is 0.240 e. The second kappa shape index (κ2) is 7.75. The van der Waals surface area contributed by atoms with Gasteiger partial charge in [0, 0.05) is 19.0 Å². The maximum absolute atomic E-state index is 12.1. The number of benzene rings is 1. The van der Waals surface area contributed by atoms with Gasteiger partial charge in [0.25, 0.3) is 0 Å². The summed E-state index contributed by atoms with van der Waals surface area (Å²) in [5.74, 6) is -0.148. The van der Waals surface area contributed by atoms with Crippen molar-refractivity contribution < 1.29 is 9.59 Å². The van der Waals surface area contributed by atoms with E-state index in [0.717, 1.165) is 23.4 Å². The van der Waals surface area contributed by atoms with Crippen molar-refractivity contribution in [3.8, 4) is 0 Å². The van der Waals surface area contributed by atoms with E-state index in [9.17, 15) is 9.59 Å². The van der Waals surface area contributed by atoms with Crippen molar-refractivity contribution in [3.05, 3.63) is 29.3 Å². The van der Waals surface area contributed by atoms with Crippen LogP contribution >= 0.6 is 11.3 Å². The van der Waals surface area contributed by atoms with Crippen LogP contribution in [0.25, 0.3) is 10.2 Å². The Morgan fingerprint density at radius 2 is 1.96 bits per heavy atom. The fraction of sp³-hybridized carbons (Fsp3) is 0.500. The number of carbonyl (C=O) groups is 2. The molecule has 0 unspecified atom stereocenters. The number of para-hydroxylation sites is 1. The van der Waals surface area contributed by atoms with Gasteiger partial charge in [-0.2, -0.15) is 0 Å². The zero-order chi connectivity index (χ0) is 17.7. The van der Waals surface area contributed by atoms with E-state index in [2.05, 4.69) is 16.4 Å². The molecule has 2 rings (SSSR count). The summed E-state index contributed by atoms with van der Waals surface area (Å²) in [4.78, 5) is 30.0. The van der Waals surface area contributed by atoms with Gasteiger partial charge < -0.3 is 10.2 Å². The summed E-state index contributed by atoms with van der Waals surface area (Å²) in [7, 11) is 1.67. The number of carbonyl (C=O) groups excluding carboxylic acids is 2. The van der Waals surface area contributed by atoms with Crippen molar-refractivity contribution >= 4 is 33.4 Å². The number of hydrogen-bond donors (Lipinski definition) is 1. The molecule has 1 aromatic carbocycles. The van der Waals surface area contributed by atoms with Gasteiger partial charge >= 0.3 is 0 Å². The SMILES string of the molecule is CN(CC(=O)NC(C)(C)C)C(=O)CCCc1nc2ccccc2s1. The molecule has 0 radical (unpaired) electrons. The Kier molecular flexibility index (Phi) is 5.94. The van der Waals surface area contributed by atoms with Gasteiger partial charge in [0.1, 0.15) is 0 Å². The second-order valence-corrected chi connectivity index (χ2v) is 8.09. The van der Waals surface area contributed by atoms with Crippen LogP contribution in [0.1, 0.15) is 38.6 Å². The van der Waals surface area contributed by atoms with Gasteiger partial charge in [-0.05, 0) is 45.7 Å². The van der Waals surface area contributed by atoms with E-state index in [0.29, 0.717) is 6.42 Å². The van der Waals surface area contributed by atoms with Gasteiger partial charge in [-0.15, -0.1) is 11.3 Å². The number of nitrogens with zero attached hydrogens (tertiary/aromatic N) is 2. The highest BCUT2D eigenvalue weighted by molar-refractivity contribution is 7.18. The quantitative estimate of drug-likeness (QED) is 0.874. The van der Waals surface area contributed by atoms with Crippen LogP contribution < -0.4 is 5.32 Å². The summed E-state index contributed by atoms with van der Waals surface area (Å²) >= 11 is 1.67. The molecule has 0 fully saturated rings. The minimum atomic E-state index is -0.284. The smallest absolute Gasteiger partial charge is 0.240 e. The predicted molar refractivity (Wildman–Crippen MR) is 98.1 cm³/mol. The summed E-state index contributed by atoms with van der Waals surface area (Å²) in [6.07, 6.45) is 1.95. The number of amides is 2. The van der Waals surface area contributed by atoms with Crippen LogP contribution in [0.15, 0.2) is 24.3 Å². The van der Waals surface area contributed by atoms with Crippen LogP contribution in [0.2, 0.25) is 0 Å². The van der Waals surface area contributed by atoms with Crippen molar-refractivity contribution in [2.24, 2.45) is 0 Å². The average Bonchev–Trinajstić information content (AvgIpc) is 2.87. The molecule has 0 spiro atoms. The maximum atomic E-state index is 12.1. The lowest BCUT2D eigenvalue weighted by Crippen LogP contribution is -2.46. The molecule has 0 aliphatic heterocycles. The molecule has 5 nitrogen and oxygen atoms in total. The highest BCUT2D eigenvalue weighted by Crippen LogP contribution is 2.22. The molecule has 0 aliphatic carbocycles. The van der Waals surface area contributed by atoms with E-state index in [1.165, 1.54) is 9.60 Å².